The van der Waals surface area contributed by atoms with E-state index >= 15 is 0 Å². The molecule has 1 heteroatoms. The van der Waals surface area contributed by atoms with E-state index in [9.17, 15) is 0 Å². The Labute approximate surface area is 62.2 Å². The first-order valence-corrected chi connectivity index (χ1v) is 3.65. The highest BCUT2D eigenvalue weighted by molar-refractivity contribution is 5.72. The molecule has 1 aliphatic heterocycles. The highest BCUT2D eigenvalue weighted by Crippen LogP contribution is 2.25. The van der Waals surface area contributed by atoms with Crippen LogP contribution in [0.3, 0.4) is 0 Å². The van der Waals surface area contributed by atoms with Crippen molar-refractivity contribution in [1.82, 2.24) is 0 Å². The standard InChI is InChI=1S/C9H13N/c1-3-9(2)5-4-7-10-8-6-9/h4-8H,3H2,1-2H3. The van der Waals surface area contributed by atoms with Crippen LogP contribution in [-0.2, 0) is 0 Å². The monoisotopic (exact) mass is 135 g/mol. The second-order valence-corrected chi connectivity index (χ2v) is 2.83. The van der Waals surface area contributed by atoms with Crippen LogP contribution in [0.1, 0.15) is 20.3 Å². The molecule has 0 aliphatic carbocycles. The third-order valence-electron chi connectivity index (χ3n) is 1.95. The lowest BCUT2D eigenvalue weighted by molar-refractivity contribution is 0.531. The molecule has 1 aliphatic rings. The van der Waals surface area contributed by atoms with E-state index in [0.717, 1.165) is 6.42 Å². The Balaban J connectivity index is 2.80. The van der Waals surface area contributed by atoms with Gasteiger partial charge in [0.1, 0.15) is 0 Å². The first-order chi connectivity index (χ1) is 4.77. The molecule has 54 valence electrons. The summed E-state index contributed by atoms with van der Waals surface area (Å²) in [4.78, 5) is 4.02. The Hall–Kier alpha value is -0.850. The third kappa shape index (κ3) is 1.56. The smallest absolute Gasteiger partial charge is 0.0264 e. The number of rotatable bonds is 1. The van der Waals surface area contributed by atoms with Crippen molar-refractivity contribution >= 4 is 6.21 Å². The molecule has 1 nitrogen and oxygen atoms in total. The fourth-order valence-corrected chi connectivity index (χ4v) is 0.867. The highest BCUT2D eigenvalue weighted by atomic mass is 14.7. The van der Waals surface area contributed by atoms with Gasteiger partial charge in [0.25, 0.3) is 0 Å². The Morgan fingerprint density at radius 2 is 2.20 bits per heavy atom. The maximum Gasteiger partial charge on any atom is 0.0264 e. The molecule has 0 saturated heterocycles. The lowest BCUT2D eigenvalue weighted by Crippen LogP contribution is -2.06. The van der Waals surface area contributed by atoms with Gasteiger partial charge in [-0.3, -0.25) is 4.99 Å². The SMILES string of the molecule is CCC1(C)C=CC=NC=C1. The van der Waals surface area contributed by atoms with E-state index in [0.29, 0.717) is 0 Å². The number of allylic oxidation sites excluding steroid dienone is 3. The summed E-state index contributed by atoms with van der Waals surface area (Å²) in [6.45, 7) is 4.38. The summed E-state index contributed by atoms with van der Waals surface area (Å²) in [6, 6.07) is 0. The third-order valence-corrected chi connectivity index (χ3v) is 1.95. The highest BCUT2D eigenvalue weighted by Gasteiger charge is 2.13. The van der Waals surface area contributed by atoms with Gasteiger partial charge in [-0.2, -0.15) is 0 Å². The summed E-state index contributed by atoms with van der Waals surface area (Å²) < 4.78 is 0. The van der Waals surface area contributed by atoms with E-state index in [1.165, 1.54) is 0 Å². The minimum atomic E-state index is 0.219. The zero-order valence-corrected chi connectivity index (χ0v) is 6.54. The molecular formula is C9H13N. The predicted octanol–water partition coefficient (Wildman–Crippen LogP) is 2.56. The van der Waals surface area contributed by atoms with Crippen molar-refractivity contribution in [2.24, 2.45) is 10.4 Å². The van der Waals surface area contributed by atoms with Gasteiger partial charge in [-0.05, 0) is 12.5 Å². The molecule has 0 bridgehead atoms. The Bertz CT molecular complexity index is 171. The van der Waals surface area contributed by atoms with Gasteiger partial charge in [0.15, 0.2) is 0 Å². The van der Waals surface area contributed by atoms with Gasteiger partial charge in [-0.25, -0.2) is 0 Å². The van der Waals surface area contributed by atoms with Gasteiger partial charge in [0.2, 0.25) is 0 Å². The first kappa shape index (κ1) is 7.26. The van der Waals surface area contributed by atoms with Gasteiger partial charge in [0.05, 0.1) is 0 Å². The van der Waals surface area contributed by atoms with Crippen LogP contribution in [-0.4, -0.2) is 6.21 Å². The molecule has 1 unspecified atom stereocenters. The van der Waals surface area contributed by atoms with E-state index in [2.05, 4.69) is 31.0 Å². The van der Waals surface area contributed by atoms with Gasteiger partial charge in [-0.15, -0.1) is 0 Å². The quantitative estimate of drug-likeness (QED) is 0.524. The molecule has 0 amide bonds. The molecule has 0 spiro atoms. The molecule has 1 heterocycles. The molecule has 0 aromatic rings. The minimum absolute atomic E-state index is 0.219. The first-order valence-electron chi connectivity index (χ1n) is 3.65. The summed E-state index contributed by atoms with van der Waals surface area (Å²) in [7, 11) is 0. The topological polar surface area (TPSA) is 12.4 Å². The van der Waals surface area contributed by atoms with Crippen LogP contribution in [0.15, 0.2) is 29.4 Å². The lowest BCUT2D eigenvalue weighted by atomic mass is 9.87. The number of nitrogens with zero attached hydrogens (tertiary/aromatic N) is 1. The zero-order valence-electron chi connectivity index (χ0n) is 6.54. The lowest BCUT2D eigenvalue weighted by Gasteiger charge is -2.17. The second kappa shape index (κ2) is 2.82. The van der Waals surface area contributed by atoms with Gasteiger partial charge in [0, 0.05) is 17.8 Å². The van der Waals surface area contributed by atoms with Gasteiger partial charge in [-0.1, -0.05) is 26.0 Å². The fraction of sp³-hybridized carbons (Fsp3) is 0.444. The molecule has 1 rings (SSSR count). The van der Waals surface area contributed by atoms with Gasteiger partial charge >= 0.3 is 0 Å². The number of hydrogen-bond donors (Lipinski definition) is 0. The van der Waals surface area contributed by atoms with E-state index in [1.54, 1.807) is 0 Å². The number of hydrogen-bond acceptors (Lipinski definition) is 1. The molecule has 0 aromatic heterocycles. The van der Waals surface area contributed by atoms with Crippen LogP contribution >= 0.6 is 0 Å². The van der Waals surface area contributed by atoms with Crippen molar-refractivity contribution in [3.05, 3.63) is 24.4 Å². The van der Waals surface area contributed by atoms with E-state index < -0.39 is 0 Å². The van der Waals surface area contributed by atoms with Crippen LogP contribution < -0.4 is 0 Å². The Morgan fingerprint density at radius 3 is 2.90 bits per heavy atom. The van der Waals surface area contributed by atoms with Crippen molar-refractivity contribution in [2.75, 3.05) is 0 Å². The Morgan fingerprint density at radius 1 is 1.40 bits per heavy atom. The molecule has 0 fully saturated rings. The van der Waals surface area contributed by atoms with Crippen molar-refractivity contribution in [2.45, 2.75) is 20.3 Å². The van der Waals surface area contributed by atoms with Gasteiger partial charge < -0.3 is 0 Å². The second-order valence-electron chi connectivity index (χ2n) is 2.83. The van der Waals surface area contributed by atoms with Crippen molar-refractivity contribution in [3.8, 4) is 0 Å². The molecule has 0 N–H and O–H groups in total. The zero-order chi connectivity index (χ0) is 7.45. The molecule has 0 aromatic carbocycles. The van der Waals surface area contributed by atoms with Crippen LogP contribution in [0.2, 0.25) is 0 Å². The van der Waals surface area contributed by atoms with Crippen molar-refractivity contribution in [1.29, 1.82) is 0 Å². The average Bonchev–Trinajstić information content (AvgIpc) is 2.15. The molecule has 1 atom stereocenters. The van der Waals surface area contributed by atoms with E-state index in [1.807, 2.05) is 18.5 Å². The summed E-state index contributed by atoms with van der Waals surface area (Å²) in [5.74, 6) is 0. The predicted molar refractivity (Wildman–Crippen MR) is 45.2 cm³/mol. The van der Waals surface area contributed by atoms with Crippen LogP contribution in [0.25, 0.3) is 0 Å². The fourth-order valence-electron chi connectivity index (χ4n) is 0.867. The summed E-state index contributed by atoms with van der Waals surface area (Å²) in [5, 5.41) is 0. The van der Waals surface area contributed by atoms with Crippen LogP contribution in [0, 0.1) is 5.41 Å². The molecule has 0 radical (unpaired) electrons. The Kier molecular flexibility index (Phi) is 2.05. The molecule has 10 heavy (non-hydrogen) atoms. The number of aliphatic imine (C=N–C) groups is 1. The maximum absolute atomic E-state index is 4.02. The molecule has 0 saturated carbocycles. The van der Waals surface area contributed by atoms with Crippen molar-refractivity contribution in [3.63, 3.8) is 0 Å². The minimum Gasteiger partial charge on any atom is -0.265 e. The molecular weight excluding hydrogens is 122 g/mol. The maximum atomic E-state index is 4.02. The summed E-state index contributed by atoms with van der Waals surface area (Å²) in [6.07, 6.45) is 11.1. The normalized spacial score (nSPS) is 30.6. The summed E-state index contributed by atoms with van der Waals surface area (Å²) in [5.41, 5.74) is 0.219. The van der Waals surface area contributed by atoms with E-state index in [4.69, 9.17) is 0 Å². The van der Waals surface area contributed by atoms with Crippen LogP contribution in [0.4, 0.5) is 0 Å². The van der Waals surface area contributed by atoms with Crippen molar-refractivity contribution < 1.29 is 0 Å². The van der Waals surface area contributed by atoms with Crippen LogP contribution in [0.5, 0.6) is 0 Å². The van der Waals surface area contributed by atoms with E-state index in [-0.39, 0.29) is 5.41 Å². The average molecular weight is 135 g/mol. The largest absolute Gasteiger partial charge is 0.265 e. The summed E-state index contributed by atoms with van der Waals surface area (Å²) >= 11 is 0.